The number of aliphatic carboxylic acids is 1. The number of rotatable bonds is 9. The van der Waals surface area contributed by atoms with Gasteiger partial charge in [-0.1, -0.05) is 49.0 Å². The summed E-state index contributed by atoms with van der Waals surface area (Å²) in [5.74, 6) is -2.49. The molecule has 1 aromatic carbocycles. The number of aromatic nitrogens is 3. The van der Waals surface area contributed by atoms with Crippen LogP contribution >= 0.6 is 11.8 Å². The van der Waals surface area contributed by atoms with Crippen molar-refractivity contribution in [3.8, 4) is 5.88 Å². The summed E-state index contributed by atoms with van der Waals surface area (Å²) in [5, 5.41) is 9.68. The molecule has 0 radical (unpaired) electrons. The maximum absolute atomic E-state index is 12.9. The van der Waals surface area contributed by atoms with Crippen LogP contribution in [0.25, 0.3) is 11.0 Å². The number of benzene rings is 1. The third kappa shape index (κ3) is 4.20. The Kier molecular flexibility index (Phi) is 6.51. The largest absolute Gasteiger partial charge is 0.479 e. The topological polar surface area (TPSA) is 111 Å². The predicted molar refractivity (Wildman–Crippen MR) is 112 cm³/mol. The van der Waals surface area contributed by atoms with Gasteiger partial charge in [0, 0.05) is 19.2 Å². The molecule has 0 fully saturated rings. The van der Waals surface area contributed by atoms with Gasteiger partial charge in [-0.2, -0.15) is 4.98 Å². The fraction of sp³-hybridized carbons (Fsp3) is 0.286. The number of fused-ring (bicyclic) bond motifs is 1. The highest BCUT2D eigenvalue weighted by Gasteiger charge is 2.29. The lowest BCUT2D eigenvalue weighted by Crippen LogP contribution is -2.14. The maximum Gasteiger partial charge on any atom is 0.341 e. The number of nitrogens with zero attached hydrogens (tertiary/aromatic N) is 3. The van der Waals surface area contributed by atoms with Crippen molar-refractivity contribution in [2.75, 3.05) is 12.9 Å². The van der Waals surface area contributed by atoms with Gasteiger partial charge in [-0.3, -0.25) is 9.59 Å². The number of ketones is 2. The van der Waals surface area contributed by atoms with Crippen LogP contribution in [0.3, 0.4) is 0 Å². The minimum absolute atomic E-state index is 0.0159. The molecule has 0 aliphatic carbocycles. The monoisotopic (exact) mass is 427 g/mol. The molecule has 0 aliphatic heterocycles. The first kappa shape index (κ1) is 21.5. The summed E-state index contributed by atoms with van der Waals surface area (Å²) >= 11 is 1.27. The average Bonchev–Trinajstić information content (AvgIpc) is 3.05. The summed E-state index contributed by atoms with van der Waals surface area (Å²) in [4.78, 5) is 44.7. The van der Waals surface area contributed by atoms with E-state index in [2.05, 4.69) is 9.97 Å². The molecule has 2 aromatic heterocycles. The lowest BCUT2D eigenvalue weighted by Gasteiger charge is -2.10. The zero-order valence-electron chi connectivity index (χ0n) is 16.8. The van der Waals surface area contributed by atoms with Crippen molar-refractivity contribution in [1.82, 2.24) is 14.5 Å². The number of carboxylic acids is 1. The molecule has 0 amide bonds. The van der Waals surface area contributed by atoms with Crippen LogP contribution in [0.5, 0.6) is 5.88 Å². The van der Waals surface area contributed by atoms with Crippen LogP contribution in [0.15, 0.2) is 35.5 Å². The van der Waals surface area contributed by atoms with E-state index in [0.29, 0.717) is 29.5 Å². The van der Waals surface area contributed by atoms with Gasteiger partial charge >= 0.3 is 5.97 Å². The molecule has 156 valence electrons. The van der Waals surface area contributed by atoms with E-state index < -0.39 is 24.1 Å². The first-order chi connectivity index (χ1) is 14.4. The Labute approximate surface area is 177 Å². The fourth-order valence-electron chi connectivity index (χ4n) is 3.28. The first-order valence-electron chi connectivity index (χ1n) is 9.28. The van der Waals surface area contributed by atoms with Crippen molar-refractivity contribution in [2.24, 2.45) is 0 Å². The number of ether oxygens (including phenoxy) is 1. The summed E-state index contributed by atoms with van der Waals surface area (Å²) in [6.45, 7) is 2.89. The van der Waals surface area contributed by atoms with Crippen LogP contribution in [0.1, 0.15) is 35.5 Å². The lowest BCUT2D eigenvalue weighted by atomic mass is 10.0. The number of carbonyl (C=O) groups excluding carboxylic acids is 2. The molecule has 0 aliphatic rings. The Balaban J connectivity index is 2.35. The van der Waals surface area contributed by atoms with Gasteiger partial charge in [0.1, 0.15) is 5.65 Å². The van der Waals surface area contributed by atoms with Gasteiger partial charge in [0.05, 0.1) is 10.9 Å². The molecule has 30 heavy (non-hydrogen) atoms. The molecule has 3 aromatic rings. The van der Waals surface area contributed by atoms with Gasteiger partial charge in [-0.05, 0) is 18.2 Å². The Morgan fingerprint density at radius 1 is 1.17 bits per heavy atom. The number of thioether (sulfide) groups is 1. The van der Waals surface area contributed by atoms with Crippen LogP contribution in [0, 0.1) is 0 Å². The zero-order chi connectivity index (χ0) is 21.8. The number of hydrogen-bond acceptors (Lipinski definition) is 7. The van der Waals surface area contributed by atoms with E-state index in [-0.39, 0.29) is 16.8 Å². The Hall–Kier alpha value is -3.20. The van der Waals surface area contributed by atoms with Crippen molar-refractivity contribution in [3.63, 3.8) is 0 Å². The highest BCUT2D eigenvalue weighted by Crippen LogP contribution is 2.34. The summed E-state index contributed by atoms with van der Waals surface area (Å²) < 4.78 is 7.29. The van der Waals surface area contributed by atoms with Gasteiger partial charge in [-0.15, -0.1) is 0 Å². The van der Waals surface area contributed by atoms with Gasteiger partial charge in [0.25, 0.3) is 0 Å². The lowest BCUT2D eigenvalue weighted by molar-refractivity contribution is -0.139. The standard InChI is InChI=1S/C21H21N3O5S/c1-4-14-16(18(28)12(2)25)17-19(24(14)10-13-8-6-5-7-9-13)22-21(30-3)23-20(17)29-11-15(26)27/h5-9H,4,10-11H2,1-3H3,(H,26,27). The molecule has 2 heterocycles. The third-order valence-electron chi connectivity index (χ3n) is 4.54. The Morgan fingerprint density at radius 2 is 1.87 bits per heavy atom. The van der Waals surface area contributed by atoms with E-state index in [1.54, 1.807) is 6.26 Å². The van der Waals surface area contributed by atoms with E-state index in [0.717, 1.165) is 5.56 Å². The smallest absolute Gasteiger partial charge is 0.341 e. The minimum atomic E-state index is -1.17. The molecule has 0 unspecified atom stereocenters. The van der Waals surface area contributed by atoms with Crippen LogP contribution in [-0.4, -0.2) is 50.0 Å². The fourth-order valence-corrected chi connectivity index (χ4v) is 3.63. The molecular formula is C21H21N3O5S. The molecule has 8 nitrogen and oxygen atoms in total. The van der Waals surface area contributed by atoms with E-state index >= 15 is 0 Å². The Bertz CT molecular complexity index is 1120. The maximum atomic E-state index is 12.9. The highest BCUT2D eigenvalue weighted by atomic mass is 32.2. The van der Waals surface area contributed by atoms with Crippen LogP contribution in [0.4, 0.5) is 0 Å². The average molecular weight is 427 g/mol. The van der Waals surface area contributed by atoms with Crippen LogP contribution in [0.2, 0.25) is 0 Å². The molecule has 3 rings (SSSR count). The van der Waals surface area contributed by atoms with Crippen molar-refractivity contribution in [2.45, 2.75) is 32.0 Å². The first-order valence-corrected chi connectivity index (χ1v) is 10.5. The zero-order valence-corrected chi connectivity index (χ0v) is 17.7. The summed E-state index contributed by atoms with van der Waals surface area (Å²) in [6, 6.07) is 9.65. The van der Waals surface area contributed by atoms with Crippen molar-refractivity contribution >= 4 is 40.3 Å². The second kappa shape index (κ2) is 9.08. The van der Waals surface area contributed by atoms with E-state index in [4.69, 9.17) is 9.84 Å². The summed E-state index contributed by atoms with van der Waals surface area (Å²) in [7, 11) is 0. The molecule has 0 atom stereocenters. The molecule has 9 heteroatoms. The van der Waals surface area contributed by atoms with E-state index in [1.165, 1.54) is 18.7 Å². The van der Waals surface area contributed by atoms with Crippen LogP contribution < -0.4 is 4.74 Å². The third-order valence-corrected chi connectivity index (χ3v) is 5.08. The number of Topliss-reactive ketones (excluding diaryl/α,β-unsaturated/α-hetero) is 2. The minimum Gasteiger partial charge on any atom is -0.479 e. The van der Waals surface area contributed by atoms with Gasteiger partial charge in [-0.25, -0.2) is 9.78 Å². The van der Waals surface area contributed by atoms with Crippen molar-refractivity contribution in [1.29, 1.82) is 0 Å². The predicted octanol–water partition coefficient (Wildman–Crippen LogP) is 3.00. The Morgan fingerprint density at radius 3 is 2.43 bits per heavy atom. The summed E-state index contributed by atoms with van der Waals surface area (Å²) in [5.41, 5.74) is 2.22. The van der Waals surface area contributed by atoms with Crippen molar-refractivity contribution in [3.05, 3.63) is 47.2 Å². The molecule has 0 bridgehead atoms. The highest BCUT2D eigenvalue weighted by molar-refractivity contribution is 7.98. The molecular weight excluding hydrogens is 406 g/mol. The van der Waals surface area contributed by atoms with Gasteiger partial charge in [0.2, 0.25) is 11.7 Å². The number of carboxylic acid groups (broad SMARTS) is 1. The van der Waals surface area contributed by atoms with Crippen molar-refractivity contribution < 1.29 is 24.2 Å². The normalized spacial score (nSPS) is 10.9. The molecule has 0 saturated heterocycles. The molecule has 0 saturated carbocycles. The quantitative estimate of drug-likeness (QED) is 0.240. The second-order valence-electron chi connectivity index (χ2n) is 6.53. The molecule has 0 spiro atoms. The van der Waals surface area contributed by atoms with Gasteiger partial charge in [0.15, 0.2) is 17.5 Å². The second-order valence-corrected chi connectivity index (χ2v) is 7.30. The van der Waals surface area contributed by atoms with Gasteiger partial charge < -0.3 is 14.4 Å². The van der Waals surface area contributed by atoms with E-state index in [1.807, 2.05) is 41.8 Å². The van der Waals surface area contributed by atoms with E-state index in [9.17, 15) is 14.4 Å². The number of hydrogen-bond donors (Lipinski definition) is 1. The number of carbonyl (C=O) groups is 3. The van der Waals surface area contributed by atoms with Crippen LogP contribution in [-0.2, 0) is 22.6 Å². The summed E-state index contributed by atoms with van der Waals surface area (Å²) in [6.07, 6.45) is 2.25. The molecule has 1 N–H and O–H groups in total. The SMILES string of the molecule is CCc1c(C(=O)C(C)=O)c2c(OCC(=O)O)nc(SC)nc2n1Cc1ccccc1.